The Labute approximate surface area is 121 Å². The monoisotopic (exact) mass is 278 g/mol. The lowest BCUT2D eigenvalue weighted by Gasteiger charge is -2.07. The van der Waals surface area contributed by atoms with E-state index in [1.165, 1.54) is 32.1 Å². The van der Waals surface area contributed by atoms with Crippen LogP contribution in [0.25, 0.3) is 0 Å². The van der Waals surface area contributed by atoms with Gasteiger partial charge in [0.15, 0.2) is 6.61 Å². The molecular weight excluding hydrogens is 252 g/mol. The SMILES string of the molecule is CCCCCCCCNC(=O)COc1ccc(N)cc1. The number of amides is 1. The molecule has 1 amide bonds. The molecule has 0 aliphatic heterocycles. The minimum atomic E-state index is -0.0737. The zero-order valence-electron chi connectivity index (χ0n) is 12.4. The average molecular weight is 278 g/mol. The molecule has 0 radical (unpaired) electrons. The Balaban J connectivity index is 2.01. The highest BCUT2D eigenvalue weighted by Gasteiger charge is 2.01. The Bertz CT molecular complexity index is 377. The molecular formula is C16H26N2O2. The van der Waals surface area contributed by atoms with E-state index >= 15 is 0 Å². The van der Waals surface area contributed by atoms with Crippen LogP contribution in [0, 0.1) is 0 Å². The van der Waals surface area contributed by atoms with Crippen molar-refractivity contribution in [3.63, 3.8) is 0 Å². The van der Waals surface area contributed by atoms with Gasteiger partial charge in [0.05, 0.1) is 0 Å². The summed E-state index contributed by atoms with van der Waals surface area (Å²) in [5.74, 6) is 0.587. The predicted molar refractivity (Wildman–Crippen MR) is 82.7 cm³/mol. The van der Waals surface area contributed by atoms with Crippen LogP contribution in [0.1, 0.15) is 45.4 Å². The van der Waals surface area contributed by atoms with Crippen molar-refractivity contribution in [3.05, 3.63) is 24.3 Å². The summed E-state index contributed by atoms with van der Waals surface area (Å²) in [5.41, 5.74) is 6.26. The van der Waals surface area contributed by atoms with E-state index in [2.05, 4.69) is 12.2 Å². The summed E-state index contributed by atoms with van der Waals surface area (Å²) in [6.07, 6.45) is 7.34. The van der Waals surface area contributed by atoms with Crippen LogP contribution in [0.15, 0.2) is 24.3 Å². The molecule has 0 aromatic heterocycles. The lowest BCUT2D eigenvalue weighted by Crippen LogP contribution is -2.29. The largest absolute Gasteiger partial charge is 0.484 e. The summed E-state index contributed by atoms with van der Waals surface area (Å²) in [6, 6.07) is 7.03. The second kappa shape index (κ2) is 10.1. The fourth-order valence-corrected chi connectivity index (χ4v) is 1.90. The molecule has 0 aliphatic rings. The number of nitrogen functional groups attached to an aromatic ring is 1. The lowest BCUT2D eigenvalue weighted by molar-refractivity contribution is -0.123. The molecule has 1 aromatic carbocycles. The first-order chi connectivity index (χ1) is 9.72. The van der Waals surface area contributed by atoms with Gasteiger partial charge in [0, 0.05) is 12.2 Å². The molecule has 20 heavy (non-hydrogen) atoms. The van der Waals surface area contributed by atoms with Gasteiger partial charge < -0.3 is 15.8 Å². The van der Waals surface area contributed by atoms with Gasteiger partial charge in [-0.2, -0.15) is 0 Å². The highest BCUT2D eigenvalue weighted by molar-refractivity contribution is 5.77. The van der Waals surface area contributed by atoms with E-state index in [1.807, 2.05) is 0 Å². The maximum absolute atomic E-state index is 11.6. The maximum Gasteiger partial charge on any atom is 0.257 e. The van der Waals surface area contributed by atoms with Gasteiger partial charge in [0.25, 0.3) is 5.91 Å². The molecule has 0 atom stereocenters. The van der Waals surface area contributed by atoms with Gasteiger partial charge in [0.2, 0.25) is 0 Å². The minimum absolute atomic E-state index is 0.0553. The number of unbranched alkanes of at least 4 members (excludes halogenated alkanes) is 5. The van der Waals surface area contributed by atoms with Gasteiger partial charge in [-0.3, -0.25) is 4.79 Å². The zero-order valence-corrected chi connectivity index (χ0v) is 12.4. The molecule has 3 N–H and O–H groups in total. The molecule has 0 bridgehead atoms. The molecule has 1 rings (SSSR count). The van der Waals surface area contributed by atoms with E-state index in [0.717, 1.165) is 13.0 Å². The molecule has 0 unspecified atom stereocenters. The fourth-order valence-electron chi connectivity index (χ4n) is 1.90. The van der Waals surface area contributed by atoms with Gasteiger partial charge in [-0.05, 0) is 30.7 Å². The second-order valence-electron chi connectivity index (χ2n) is 4.98. The van der Waals surface area contributed by atoms with E-state index in [-0.39, 0.29) is 12.5 Å². The summed E-state index contributed by atoms with van der Waals surface area (Å²) in [4.78, 5) is 11.6. The van der Waals surface area contributed by atoms with Crippen LogP contribution in [-0.4, -0.2) is 19.1 Å². The smallest absolute Gasteiger partial charge is 0.257 e. The third-order valence-electron chi connectivity index (χ3n) is 3.10. The number of ether oxygens (including phenoxy) is 1. The van der Waals surface area contributed by atoms with E-state index in [9.17, 15) is 4.79 Å². The molecule has 0 saturated heterocycles. The van der Waals surface area contributed by atoms with E-state index in [1.54, 1.807) is 24.3 Å². The van der Waals surface area contributed by atoms with Crippen molar-refractivity contribution >= 4 is 11.6 Å². The first kappa shape index (κ1) is 16.3. The summed E-state index contributed by atoms with van der Waals surface area (Å²) in [7, 11) is 0. The fraction of sp³-hybridized carbons (Fsp3) is 0.562. The third kappa shape index (κ3) is 7.67. The number of nitrogens with one attached hydrogen (secondary N) is 1. The van der Waals surface area contributed by atoms with Crippen molar-refractivity contribution in [3.8, 4) is 5.75 Å². The van der Waals surface area contributed by atoms with E-state index < -0.39 is 0 Å². The summed E-state index contributed by atoms with van der Waals surface area (Å²) >= 11 is 0. The molecule has 0 spiro atoms. The molecule has 4 nitrogen and oxygen atoms in total. The van der Waals surface area contributed by atoms with Gasteiger partial charge >= 0.3 is 0 Å². The molecule has 0 saturated carbocycles. The van der Waals surface area contributed by atoms with Crippen molar-refractivity contribution in [1.82, 2.24) is 5.32 Å². The number of hydrogen-bond donors (Lipinski definition) is 2. The van der Waals surface area contributed by atoms with Crippen LogP contribution in [-0.2, 0) is 4.79 Å². The number of hydrogen-bond acceptors (Lipinski definition) is 3. The maximum atomic E-state index is 11.6. The van der Waals surface area contributed by atoms with Crippen LogP contribution < -0.4 is 15.8 Å². The minimum Gasteiger partial charge on any atom is -0.484 e. The number of rotatable bonds is 10. The Morgan fingerprint density at radius 2 is 1.75 bits per heavy atom. The standard InChI is InChI=1S/C16H26N2O2/c1-2-3-4-5-6-7-12-18-16(19)13-20-15-10-8-14(17)9-11-15/h8-11H,2-7,12-13,17H2,1H3,(H,18,19). The van der Waals surface area contributed by atoms with Crippen molar-refractivity contribution in [2.45, 2.75) is 45.4 Å². The van der Waals surface area contributed by atoms with Crippen molar-refractivity contribution < 1.29 is 9.53 Å². The van der Waals surface area contributed by atoms with Gasteiger partial charge in [-0.25, -0.2) is 0 Å². The number of nitrogens with two attached hydrogens (primary N) is 1. The van der Waals surface area contributed by atoms with Gasteiger partial charge in [-0.15, -0.1) is 0 Å². The molecule has 112 valence electrons. The topological polar surface area (TPSA) is 64.3 Å². The van der Waals surface area contributed by atoms with E-state index in [0.29, 0.717) is 11.4 Å². The zero-order chi connectivity index (χ0) is 14.6. The quantitative estimate of drug-likeness (QED) is 0.510. The number of anilines is 1. The molecule has 1 aromatic rings. The Hall–Kier alpha value is -1.71. The summed E-state index contributed by atoms with van der Waals surface area (Å²) in [5, 5.41) is 2.87. The summed E-state index contributed by atoms with van der Waals surface area (Å²) < 4.78 is 5.37. The van der Waals surface area contributed by atoms with Crippen molar-refractivity contribution in [1.29, 1.82) is 0 Å². The van der Waals surface area contributed by atoms with Crippen LogP contribution >= 0.6 is 0 Å². The Morgan fingerprint density at radius 3 is 2.45 bits per heavy atom. The second-order valence-corrected chi connectivity index (χ2v) is 4.98. The highest BCUT2D eigenvalue weighted by atomic mass is 16.5. The van der Waals surface area contributed by atoms with Crippen LogP contribution in [0.2, 0.25) is 0 Å². The molecule has 4 heteroatoms. The highest BCUT2D eigenvalue weighted by Crippen LogP contribution is 2.12. The van der Waals surface area contributed by atoms with E-state index in [4.69, 9.17) is 10.5 Å². The Kier molecular flexibility index (Phi) is 8.27. The normalized spacial score (nSPS) is 10.2. The number of carbonyl (C=O) groups is 1. The Morgan fingerprint density at radius 1 is 1.10 bits per heavy atom. The van der Waals surface area contributed by atoms with Gasteiger partial charge in [0.1, 0.15) is 5.75 Å². The van der Waals surface area contributed by atoms with Gasteiger partial charge in [-0.1, -0.05) is 39.0 Å². The molecule has 0 fully saturated rings. The number of carbonyl (C=O) groups excluding carboxylic acids is 1. The molecule has 0 aliphatic carbocycles. The average Bonchev–Trinajstić information content (AvgIpc) is 2.46. The predicted octanol–water partition coefficient (Wildman–Crippen LogP) is 3.12. The summed E-state index contributed by atoms with van der Waals surface area (Å²) in [6.45, 7) is 3.00. The van der Waals surface area contributed by atoms with Crippen molar-refractivity contribution in [2.24, 2.45) is 0 Å². The van der Waals surface area contributed by atoms with Crippen LogP contribution in [0.5, 0.6) is 5.75 Å². The van der Waals surface area contributed by atoms with Crippen molar-refractivity contribution in [2.75, 3.05) is 18.9 Å². The van der Waals surface area contributed by atoms with Crippen LogP contribution in [0.3, 0.4) is 0 Å². The first-order valence-electron chi connectivity index (χ1n) is 7.47. The number of benzene rings is 1. The third-order valence-corrected chi connectivity index (χ3v) is 3.10. The molecule has 0 heterocycles. The lowest BCUT2D eigenvalue weighted by atomic mass is 10.1. The first-order valence-corrected chi connectivity index (χ1v) is 7.47. The van der Waals surface area contributed by atoms with Crippen LogP contribution in [0.4, 0.5) is 5.69 Å².